The van der Waals surface area contributed by atoms with Crippen LogP contribution in [0.5, 0.6) is 0 Å². The van der Waals surface area contributed by atoms with Gasteiger partial charge in [0.25, 0.3) is 0 Å². The number of para-hydroxylation sites is 1. The molecule has 17 N–H and O–H groups in total. The normalized spacial score (nSPS) is 16.4. The molecule has 0 saturated heterocycles. The second-order valence-corrected chi connectivity index (χ2v) is 17.3. The molecule has 20 nitrogen and oxygen atoms in total. The van der Waals surface area contributed by atoms with Crippen LogP contribution in [-0.4, -0.2) is 106 Å². The summed E-state index contributed by atoms with van der Waals surface area (Å²) in [7, 11) is 0. The summed E-state index contributed by atoms with van der Waals surface area (Å²) in [6.45, 7) is 2.40. The Labute approximate surface area is 394 Å². The quantitative estimate of drug-likeness (QED) is 0.0232. The highest BCUT2D eigenvalue weighted by Crippen LogP contribution is 2.32. The van der Waals surface area contributed by atoms with Crippen molar-refractivity contribution in [3.63, 3.8) is 0 Å². The summed E-state index contributed by atoms with van der Waals surface area (Å²) < 4.78 is 0. The fourth-order valence-electron chi connectivity index (χ4n) is 8.46. The number of hydrogen-bond donors (Lipinski definition) is 12. The molecule has 364 valence electrons. The number of aryl methyl sites for hydroxylation is 1. The molecule has 5 rings (SSSR count). The summed E-state index contributed by atoms with van der Waals surface area (Å²) in [5.74, 6) is -6.06. The number of unbranched alkanes of at least 4 members (excludes halogenated alkanes) is 1. The molecule has 1 aliphatic rings. The number of aromatic amines is 1. The predicted octanol–water partition coefficient (Wildman–Crippen LogP) is -0.285. The topological polar surface area (TPSA) is 358 Å². The standard InChI is InChI=1S/C48H64N12O8/c1-28-11-9-14-30-26-48(20-19-32(28)30,60-42(64)34(50)25-40(61)62)46(68)59-38(23-29-12-3-2-4-13-29)44(66)57-37(18-10-22-54-47(52)53)43(65)58-39(24-31-27-55-35-16-6-5-15-33(31)35)45(67)56-36(41(51)63)17-7-8-21-49/h2-6,9,11-16,27,34,36-39,55H,7-8,10,17-26,49-50H2,1H3,(H2,51,63)(H,56,67)(H,57,66)(H,58,65)(H,59,68)(H,60,64)(H,61,62)(H4,52,53,54)/t34-,36-,37-,38+,39-,48?/m0/s1. The molecule has 20 heteroatoms. The van der Waals surface area contributed by atoms with Crippen molar-refractivity contribution in [2.45, 2.75) is 113 Å². The van der Waals surface area contributed by atoms with Crippen LogP contribution >= 0.6 is 0 Å². The summed E-state index contributed by atoms with van der Waals surface area (Å²) in [6, 6.07) is 15.4. The Balaban J connectivity index is 1.47. The lowest BCUT2D eigenvalue weighted by molar-refractivity contribution is -0.141. The van der Waals surface area contributed by atoms with Crippen molar-refractivity contribution < 1.29 is 38.7 Å². The number of nitrogens with zero attached hydrogens (tertiary/aromatic N) is 1. The van der Waals surface area contributed by atoms with Crippen LogP contribution in [0, 0.1) is 6.92 Å². The maximum atomic E-state index is 14.8. The fourth-order valence-corrected chi connectivity index (χ4v) is 8.46. The number of hydrogen-bond acceptors (Lipinski definition) is 10. The van der Waals surface area contributed by atoms with Crippen molar-refractivity contribution in [2.75, 3.05) is 13.1 Å². The molecule has 6 atom stereocenters. The molecule has 1 unspecified atom stereocenters. The van der Waals surface area contributed by atoms with Crippen molar-refractivity contribution in [3.05, 3.63) is 107 Å². The van der Waals surface area contributed by atoms with Gasteiger partial charge in [-0.15, -0.1) is 0 Å². The molecule has 0 spiro atoms. The molecule has 1 heterocycles. The van der Waals surface area contributed by atoms with E-state index in [1.807, 2.05) is 49.4 Å². The van der Waals surface area contributed by atoms with E-state index in [4.69, 9.17) is 28.7 Å². The first-order valence-electron chi connectivity index (χ1n) is 22.7. The number of nitrogens with two attached hydrogens (primary N) is 5. The summed E-state index contributed by atoms with van der Waals surface area (Å²) in [5.41, 5.74) is 31.7. The average molecular weight is 937 g/mol. The van der Waals surface area contributed by atoms with Gasteiger partial charge in [0.05, 0.1) is 12.5 Å². The molecule has 0 radical (unpaired) electrons. The van der Waals surface area contributed by atoms with Gasteiger partial charge < -0.3 is 65.3 Å². The number of benzene rings is 3. The number of amides is 6. The molecule has 0 aliphatic heterocycles. The maximum absolute atomic E-state index is 14.8. The van der Waals surface area contributed by atoms with Gasteiger partial charge in [-0.1, -0.05) is 66.7 Å². The molecule has 0 fully saturated rings. The van der Waals surface area contributed by atoms with Crippen LogP contribution in [-0.2, 0) is 59.2 Å². The number of primary amides is 1. The fraction of sp³-hybridized carbons (Fsp3) is 0.417. The molecule has 0 bridgehead atoms. The second kappa shape index (κ2) is 24.4. The molecule has 0 saturated carbocycles. The van der Waals surface area contributed by atoms with E-state index in [0.29, 0.717) is 36.9 Å². The summed E-state index contributed by atoms with van der Waals surface area (Å²) in [5, 5.41) is 24.1. The van der Waals surface area contributed by atoms with Crippen LogP contribution in [0.2, 0.25) is 0 Å². The van der Waals surface area contributed by atoms with Gasteiger partial charge in [0, 0.05) is 42.9 Å². The van der Waals surface area contributed by atoms with Gasteiger partial charge in [0.1, 0.15) is 29.7 Å². The van der Waals surface area contributed by atoms with Gasteiger partial charge in [0.2, 0.25) is 35.4 Å². The van der Waals surface area contributed by atoms with Crippen LogP contribution < -0.4 is 55.3 Å². The molecule has 68 heavy (non-hydrogen) atoms. The Morgan fingerprint density at radius 2 is 1.40 bits per heavy atom. The zero-order chi connectivity index (χ0) is 49.4. The first-order valence-corrected chi connectivity index (χ1v) is 22.7. The monoisotopic (exact) mass is 936 g/mol. The average Bonchev–Trinajstić information content (AvgIpc) is 3.71. The number of carbonyl (C=O) groups is 7. The van der Waals surface area contributed by atoms with Crippen LogP contribution in [0.25, 0.3) is 10.9 Å². The molecule has 1 aromatic heterocycles. The first kappa shape index (κ1) is 51.7. The van der Waals surface area contributed by atoms with E-state index >= 15 is 0 Å². The van der Waals surface area contributed by atoms with Gasteiger partial charge in [0.15, 0.2) is 5.96 Å². The van der Waals surface area contributed by atoms with Gasteiger partial charge in [-0.3, -0.25) is 38.6 Å². The highest BCUT2D eigenvalue weighted by molar-refractivity contribution is 5.99. The second-order valence-electron chi connectivity index (χ2n) is 17.3. The summed E-state index contributed by atoms with van der Waals surface area (Å²) in [4.78, 5) is 103. The molecule has 1 aliphatic carbocycles. The lowest BCUT2D eigenvalue weighted by atomic mass is 9.75. The van der Waals surface area contributed by atoms with E-state index in [1.54, 1.807) is 36.5 Å². The highest BCUT2D eigenvalue weighted by atomic mass is 16.4. The van der Waals surface area contributed by atoms with Crippen molar-refractivity contribution in [1.29, 1.82) is 0 Å². The summed E-state index contributed by atoms with van der Waals surface area (Å²) in [6.07, 6.45) is 2.93. The van der Waals surface area contributed by atoms with Crippen molar-refractivity contribution in [3.8, 4) is 0 Å². The van der Waals surface area contributed by atoms with E-state index in [9.17, 15) is 38.7 Å². The third kappa shape index (κ3) is 14.3. The van der Waals surface area contributed by atoms with Crippen LogP contribution in [0.1, 0.15) is 72.8 Å². The lowest BCUT2D eigenvalue weighted by Gasteiger charge is -2.39. The van der Waals surface area contributed by atoms with E-state index in [0.717, 1.165) is 27.6 Å². The Morgan fingerprint density at radius 1 is 0.750 bits per heavy atom. The van der Waals surface area contributed by atoms with Gasteiger partial charge in [-0.2, -0.15) is 0 Å². The number of carboxylic acids is 1. The van der Waals surface area contributed by atoms with Crippen molar-refractivity contribution in [2.24, 2.45) is 33.7 Å². The predicted molar refractivity (Wildman–Crippen MR) is 256 cm³/mol. The Bertz CT molecular complexity index is 2460. The van der Waals surface area contributed by atoms with Gasteiger partial charge >= 0.3 is 5.97 Å². The summed E-state index contributed by atoms with van der Waals surface area (Å²) >= 11 is 0. The van der Waals surface area contributed by atoms with E-state index < -0.39 is 83.6 Å². The lowest BCUT2D eigenvalue weighted by Crippen LogP contribution is -2.66. The van der Waals surface area contributed by atoms with Gasteiger partial charge in [-0.25, -0.2) is 0 Å². The number of aromatic nitrogens is 1. The number of H-pyrrole nitrogens is 1. The number of guanidine groups is 1. The van der Waals surface area contributed by atoms with E-state index in [1.165, 1.54) is 0 Å². The Kier molecular flexibility index (Phi) is 18.6. The smallest absolute Gasteiger partial charge is 0.305 e. The SMILES string of the molecule is Cc1cccc2c1CCC(NC(=O)[C@@H](N)CC(=O)O)(C(=O)N[C@H](Cc1ccccc1)C(=O)N[C@@H](CCCN=C(N)N)C(=O)N[C@@H](Cc1c[nH]c3ccccc13)C(=O)N[C@@H](CCCCN)C(N)=O)C2. The number of nitrogens with one attached hydrogen (secondary N) is 6. The third-order valence-corrected chi connectivity index (χ3v) is 12.2. The number of aliphatic imine (C=N–C) groups is 1. The number of rotatable bonds is 25. The third-order valence-electron chi connectivity index (χ3n) is 12.2. The van der Waals surface area contributed by atoms with Crippen LogP contribution in [0.4, 0.5) is 0 Å². The van der Waals surface area contributed by atoms with Gasteiger partial charge in [-0.05, 0) is 92.3 Å². The maximum Gasteiger partial charge on any atom is 0.305 e. The zero-order valence-corrected chi connectivity index (χ0v) is 38.2. The number of carbonyl (C=O) groups excluding carboxylic acids is 6. The minimum absolute atomic E-state index is 0.0143. The van der Waals surface area contributed by atoms with Crippen molar-refractivity contribution >= 4 is 58.3 Å². The molecular formula is C48H64N12O8. The number of carboxylic acid groups (broad SMARTS) is 1. The highest BCUT2D eigenvalue weighted by Gasteiger charge is 2.45. The number of aliphatic carboxylic acids is 1. The zero-order valence-electron chi connectivity index (χ0n) is 38.2. The first-order chi connectivity index (χ1) is 32.5. The largest absolute Gasteiger partial charge is 0.481 e. The molecular weight excluding hydrogens is 873 g/mol. The van der Waals surface area contributed by atoms with Crippen molar-refractivity contribution in [1.82, 2.24) is 31.6 Å². The van der Waals surface area contributed by atoms with Crippen LogP contribution in [0.3, 0.4) is 0 Å². The minimum Gasteiger partial charge on any atom is -0.481 e. The molecule has 3 aromatic carbocycles. The van der Waals surface area contributed by atoms with Crippen LogP contribution in [0.15, 0.2) is 84.0 Å². The minimum atomic E-state index is -1.66. The number of fused-ring (bicyclic) bond motifs is 2. The Hall–Kier alpha value is -7.32. The molecule has 4 aromatic rings. The molecule has 6 amide bonds. The van der Waals surface area contributed by atoms with E-state index in [2.05, 4.69) is 36.6 Å². The van der Waals surface area contributed by atoms with E-state index in [-0.39, 0.29) is 57.5 Å². The Morgan fingerprint density at radius 3 is 2.09 bits per heavy atom.